The Morgan fingerprint density at radius 1 is 0.583 bits per heavy atom. The van der Waals surface area contributed by atoms with E-state index in [2.05, 4.69) is 91.0 Å². The van der Waals surface area contributed by atoms with Crippen molar-refractivity contribution in [3.8, 4) is 0 Å². The van der Waals surface area contributed by atoms with Gasteiger partial charge in [-0.2, -0.15) is 0 Å². The third-order valence-corrected chi connectivity index (χ3v) is 9.01. The van der Waals surface area contributed by atoms with E-state index in [0.717, 1.165) is 12.6 Å². The molecule has 0 aliphatic heterocycles. The van der Waals surface area contributed by atoms with Crippen LogP contribution in [0.2, 0.25) is 0 Å². The number of hydrogen-bond donors (Lipinski definition) is 0. The minimum atomic E-state index is -1.65. The van der Waals surface area contributed by atoms with Crippen LogP contribution in [0.3, 0.4) is 0 Å². The molecule has 3 aromatic rings. The van der Waals surface area contributed by atoms with Gasteiger partial charge in [-0.3, -0.25) is 0 Å². The van der Waals surface area contributed by atoms with E-state index in [1.807, 2.05) is 0 Å². The third-order valence-electron chi connectivity index (χ3n) is 4.22. The van der Waals surface area contributed by atoms with E-state index in [9.17, 15) is 0 Å². The van der Waals surface area contributed by atoms with Gasteiger partial charge in [0.05, 0.1) is 6.16 Å². The molecule has 0 bridgehead atoms. The lowest BCUT2D eigenvalue weighted by atomic mass is 10.4. The maximum absolute atomic E-state index is 6.09. The summed E-state index contributed by atoms with van der Waals surface area (Å²) in [5, 5.41) is 4.30. The second-order valence-electron chi connectivity index (χ2n) is 5.58. The molecule has 0 amide bonds. The maximum Gasteiger partial charge on any atom is 0.112 e. The number of benzene rings is 3. The van der Waals surface area contributed by atoms with E-state index in [-0.39, 0.29) is 12.4 Å². The van der Waals surface area contributed by atoms with Gasteiger partial charge >= 0.3 is 0 Å². The fourth-order valence-electron chi connectivity index (χ4n) is 3.18. The highest BCUT2D eigenvalue weighted by atomic mass is 35.5. The summed E-state index contributed by atoms with van der Waals surface area (Å²) in [6.07, 6.45) is 2.13. The summed E-state index contributed by atoms with van der Waals surface area (Å²) in [6, 6.07) is 32.9. The van der Waals surface area contributed by atoms with Gasteiger partial charge in [0.2, 0.25) is 0 Å². The average Bonchev–Trinajstić information content (AvgIpc) is 2.65. The first-order valence-electron chi connectivity index (χ1n) is 7.99. The summed E-state index contributed by atoms with van der Waals surface area (Å²) in [6.45, 7) is 0. The van der Waals surface area contributed by atoms with E-state index in [1.54, 1.807) is 0 Å². The molecule has 0 N–H and O–H groups in total. The molecule has 0 saturated carbocycles. The van der Waals surface area contributed by atoms with Crippen molar-refractivity contribution < 1.29 is 12.4 Å². The molecule has 3 rings (SSSR count). The molecule has 0 spiro atoms. The third kappa shape index (κ3) is 3.83. The molecule has 124 valence electrons. The van der Waals surface area contributed by atoms with Gasteiger partial charge in [0.15, 0.2) is 0 Å². The largest absolute Gasteiger partial charge is 1.00 e. The number of halogens is 2. The highest BCUT2D eigenvalue weighted by molar-refractivity contribution is 7.95. The van der Waals surface area contributed by atoms with Crippen LogP contribution >= 0.6 is 18.9 Å². The van der Waals surface area contributed by atoms with Crippen LogP contribution < -0.4 is 28.3 Å². The van der Waals surface area contributed by atoms with Crippen molar-refractivity contribution in [2.24, 2.45) is 0 Å². The molecule has 0 atom stereocenters. The Balaban J connectivity index is 0.00000208. The SMILES string of the molecule is ClCCC[P+](c1ccccc1)(c1ccccc1)c1ccccc1.[Cl-]. The molecule has 0 aromatic heterocycles. The zero-order valence-electron chi connectivity index (χ0n) is 13.5. The van der Waals surface area contributed by atoms with Crippen molar-refractivity contribution in [1.29, 1.82) is 0 Å². The quantitative estimate of drug-likeness (QED) is 0.454. The van der Waals surface area contributed by atoms with E-state index >= 15 is 0 Å². The van der Waals surface area contributed by atoms with Crippen LogP contribution in [0, 0.1) is 0 Å². The fourth-order valence-corrected chi connectivity index (χ4v) is 7.84. The smallest absolute Gasteiger partial charge is 0.112 e. The first kappa shape index (κ1) is 19.0. The summed E-state index contributed by atoms with van der Waals surface area (Å²) in [5.74, 6) is 0.703. The molecule has 0 heterocycles. The lowest BCUT2D eigenvalue weighted by Gasteiger charge is -2.27. The molecule has 0 unspecified atom stereocenters. The molecule has 24 heavy (non-hydrogen) atoms. The number of hydrogen-bond acceptors (Lipinski definition) is 0. The van der Waals surface area contributed by atoms with Crippen LogP contribution in [-0.2, 0) is 0 Å². The summed E-state index contributed by atoms with van der Waals surface area (Å²) < 4.78 is 0. The Kier molecular flexibility index (Phi) is 7.31. The second-order valence-corrected chi connectivity index (χ2v) is 9.58. The minimum absolute atomic E-state index is 0. The van der Waals surface area contributed by atoms with E-state index in [1.165, 1.54) is 15.9 Å². The molecule has 0 aliphatic rings. The predicted molar refractivity (Wildman–Crippen MR) is 105 cm³/mol. The molecule has 0 aliphatic carbocycles. The molecule has 3 aromatic carbocycles. The summed E-state index contributed by atoms with van der Waals surface area (Å²) >= 11 is 6.09. The van der Waals surface area contributed by atoms with Gasteiger partial charge in [0.1, 0.15) is 23.2 Å². The standard InChI is InChI=1S/C21H21ClP.ClH/c22-17-10-18-23(19-11-4-1-5-12-19,20-13-6-2-7-14-20)21-15-8-3-9-16-21;/h1-9,11-16H,10,17-18H2;1H/q+1;/p-1. The van der Waals surface area contributed by atoms with Crippen LogP contribution in [0.1, 0.15) is 6.42 Å². The Labute approximate surface area is 156 Å². The number of alkyl halides is 1. The molecule has 3 heteroatoms. The average molecular weight is 375 g/mol. The van der Waals surface area contributed by atoms with Gasteiger partial charge < -0.3 is 12.4 Å². The van der Waals surface area contributed by atoms with Crippen molar-refractivity contribution in [2.45, 2.75) is 6.42 Å². The first-order valence-corrected chi connectivity index (χ1v) is 10.5. The monoisotopic (exact) mass is 374 g/mol. The van der Waals surface area contributed by atoms with Crippen LogP contribution in [-0.4, -0.2) is 12.0 Å². The molecule has 0 radical (unpaired) electrons. The topological polar surface area (TPSA) is 0 Å². The summed E-state index contributed by atoms with van der Waals surface area (Å²) in [4.78, 5) is 0. The molecule has 0 saturated heterocycles. The van der Waals surface area contributed by atoms with E-state index < -0.39 is 7.26 Å². The van der Waals surface area contributed by atoms with Gasteiger partial charge in [0.25, 0.3) is 0 Å². The van der Waals surface area contributed by atoms with Gasteiger partial charge in [-0.05, 0) is 42.8 Å². The van der Waals surface area contributed by atoms with Gasteiger partial charge in [-0.1, -0.05) is 54.6 Å². The van der Waals surface area contributed by atoms with Gasteiger partial charge in [-0.15, -0.1) is 11.6 Å². The Hall–Kier alpha value is -1.33. The van der Waals surface area contributed by atoms with Crippen molar-refractivity contribution >= 4 is 34.8 Å². The molecule has 0 fully saturated rings. The predicted octanol–water partition coefficient (Wildman–Crippen LogP) is 1.61. The van der Waals surface area contributed by atoms with E-state index in [4.69, 9.17) is 11.6 Å². The molecule has 0 nitrogen and oxygen atoms in total. The van der Waals surface area contributed by atoms with Crippen LogP contribution in [0.15, 0.2) is 91.0 Å². The highest BCUT2D eigenvalue weighted by Gasteiger charge is 2.44. The van der Waals surface area contributed by atoms with Crippen molar-refractivity contribution in [3.63, 3.8) is 0 Å². The fraction of sp³-hybridized carbons (Fsp3) is 0.143. The van der Waals surface area contributed by atoms with Gasteiger partial charge in [0, 0.05) is 5.88 Å². The minimum Gasteiger partial charge on any atom is -1.00 e. The van der Waals surface area contributed by atoms with Crippen molar-refractivity contribution in [1.82, 2.24) is 0 Å². The van der Waals surface area contributed by atoms with Crippen molar-refractivity contribution in [2.75, 3.05) is 12.0 Å². The number of rotatable bonds is 6. The summed E-state index contributed by atoms with van der Waals surface area (Å²) in [7, 11) is -1.65. The zero-order valence-corrected chi connectivity index (χ0v) is 15.9. The lowest BCUT2D eigenvalue weighted by molar-refractivity contribution is -0.00000439. The van der Waals surface area contributed by atoms with Crippen LogP contribution in [0.4, 0.5) is 0 Å². The second kappa shape index (κ2) is 9.23. The Morgan fingerprint density at radius 2 is 0.917 bits per heavy atom. The van der Waals surface area contributed by atoms with E-state index in [0.29, 0.717) is 5.88 Å². The Bertz CT molecular complexity index is 618. The molecular weight excluding hydrogens is 354 g/mol. The van der Waals surface area contributed by atoms with Gasteiger partial charge in [-0.25, -0.2) is 0 Å². The zero-order chi connectivity index (χ0) is 16.0. The van der Waals surface area contributed by atoms with Crippen LogP contribution in [0.5, 0.6) is 0 Å². The lowest BCUT2D eigenvalue weighted by Crippen LogP contribution is -3.00. The first-order chi connectivity index (χ1) is 11.4. The Morgan fingerprint density at radius 3 is 1.21 bits per heavy atom. The maximum atomic E-state index is 6.09. The van der Waals surface area contributed by atoms with Crippen LogP contribution in [0.25, 0.3) is 0 Å². The van der Waals surface area contributed by atoms with Crippen molar-refractivity contribution in [3.05, 3.63) is 91.0 Å². The highest BCUT2D eigenvalue weighted by Crippen LogP contribution is 2.55. The molecular formula is C21H21Cl2P. The normalized spacial score (nSPS) is 10.9. The summed E-state index contributed by atoms with van der Waals surface area (Å²) in [5.41, 5.74) is 0.